The minimum Gasteiger partial charge on any atom is -0.508 e. The molecule has 0 bridgehead atoms. The van der Waals surface area contributed by atoms with Crippen molar-refractivity contribution >= 4 is 22.5 Å². The lowest BCUT2D eigenvalue weighted by Crippen LogP contribution is -1.98. The lowest BCUT2D eigenvalue weighted by Gasteiger charge is -2.17. The van der Waals surface area contributed by atoms with Crippen LogP contribution in [0.15, 0.2) is 42.5 Å². The maximum absolute atomic E-state index is 13.2. The van der Waals surface area contributed by atoms with Gasteiger partial charge in [0.2, 0.25) is 0 Å². The molecule has 0 aliphatic heterocycles. The van der Waals surface area contributed by atoms with Gasteiger partial charge in [-0.1, -0.05) is 37.6 Å². The average molecular weight is 316 g/mol. The molecule has 2 nitrogen and oxygen atoms in total. The van der Waals surface area contributed by atoms with Gasteiger partial charge in [0, 0.05) is 17.0 Å². The topological polar surface area (TPSA) is 33.1 Å². The van der Waals surface area contributed by atoms with Gasteiger partial charge in [0.05, 0.1) is 5.52 Å². The molecule has 112 valence electrons. The Labute approximate surface area is 133 Å². The van der Waals surface area contributed by atoms with Crippen LogP contribution in [0.1, 0.15) is 25.3 Å². The monoisotopic (exact) mass is 315 g/mol. The summed E-state index contributed by atoms with van der Waals surface area (Å²) in [6.07, 6.45) is 0. The summed E-state index contributed by atoms with van der Waals surface area (Å²) >= 11 is 6.37. The minimum atomic E-state index is -0.281. The summed E-state index contributed by atoms with van der Waals surface area (Å²) < 4.78 is 13.2. The minimum absolute atomic E-state index is 0.137. The summed E-state index contributed by atoms with van der Waals surface area (Å²) in [4.78, 5) is 4.39. The maximum atomic E-state index is 13.2. The molecule has 22 heavy (non-hydrogen) atoms. The number of phenols is 1. The van der Waals surface area contributed by atoms with Gasteiger partial charge in [-0.3, -0.25) is 0 Å². The highest BCUT2D eigenvalue weighted by molar-refractivity contribution is 6.31. The Morgan fingerprint density at radius 2 is 1.77 bits per heavy atom. The van der Waals surface area contributed by atoms with Gasteiger partial charge in [0.1, 0.15) is 16.7 Å². The molecular weight excluding hydrogens is 301 g/mol. The lowest BCUT2D eigenvalue weighted by atomic mass is 9.91. The molecule has 1 aromatic heterocycles. The first kappa shape index (κ1) is 14.8. The third-order valence-corrected chi connectivity index (χ3v) is 3.96. The summed E-state index contributed by atoms with van der Waals surface area (Å²) in [6, 6.07) is 11.4. The van der Waals surface area contributed by atoms with Crippen LogP contribution in [0.4, 0.5) is 4.39 Å². The molecule has 0 aliphatic rings. The van der Waals surface area contributed by atoms with Crippen LogP contribution in [-0.2, 0) is 0 Å². The Hall–Kier alpha value is -2.13. The summed E-state index contributed by atoms with van der Waals surface area (Å²) in [5, 5.41) is 11.0. The van der Waals surface area contributed by atoms with E-state index in [0.717, 1.165) is 22.1 Å². The second kappa shape index (κ2) is 5.58. The number of hydrogen-bond donors (Lipinski definition) is 1. The number of aromatic nitrogens is 1. The summed E-state index contributed by atoms with van der Waals surface area (Å²) in [5.41, 5.74) is 3.36. The van der Waals surface area contributed by atoms with E-state index in [1.807, 2.05) is 19.9 Å². The number of aromatic hydroxyl groups is 1. The SMILES string of the molecule is CC(C)c1c(Cl)nc2cc(O)ccc2c1-c1ccc(F)cc1. The zero-order chi connectivity index (χ0) is 15.9. The molecule has 0 unspecified atom stereocenters. The van der Waals surface area contributed by atoms with E-state index in [0.29, 0.717) is 10.7 Å². The lowest BCUT2D eigenvalue weighted by molar-refractivity contribution is 0.476. The van der Waals surface area contributed by atoms with Crippen LogP contribution in [0.25, 0.3) is 22.0 Å². The fourth-order valence-electron chi connectivity index (χ4n) is 2.69. The van der Waals surface area contributed by atoms with Gasteiger partial charge in [-0.15, -0.1) is 0 Å². The van der Waals surface area contributed by atoms with Crippen molar-refractivity contribution in [3.63, 3.8) is 0 Å². The second-order valence-corrected chi connectivity index (χ2v) is 5.91. The number of nitrogens with zero attached hydrogens (tertiary/aromatic N) is 1. The van der Waals surface area contributed by atoms with Crippen LogP contribution in [0.3, 0.4) is 0 Å². The molecule has 0 radical (unpaired) electrons. The van der Waals surface area contributed by atoms with Crippen LogP contribution in [-0.4, -0.2) is 10.1 Å². The van der Waals surface area contributed by atoms with Crippen molar-refractivity contribution in [3.8, 4) is 16.9 Å². The molecule has 1 N–H and O–H groups in total. The van der Waals surface area contributed by atoms with E-state index >= 15 is 0 Å². The van der Waals surface area contributed by atoms with E-state index in [9.17, 15) is 9.50 Å². The second-order valence-electron chi connectivity index (χ2n) is 5.55. The van der Waals surface area contributed by atoms with Crippen molar-refractivity contribution in [1.29, 1.82) is 0 Å². The van der Waals surface area contributed by atoms with E-state index in [1.165, 1.54) is 12.1 Å². The third kappa shape index (κ3) is 2.53. The number of pyridine rings is 1. The third-order valence-electron chi connectivity index (χ3n) is 3.67. The molecule has 3 aromatic rings. The smallest absolute Gasteiger partial charge is 0.133 e. The first-order chi connectivity index (χ1) is 10.5. The predicted octanol–water partition coefficient (Wildman–Crippen LogP) is 5.52. The highest BCUT2D eigenvalue weighted by atomic mass is 35.5. The molecule has 0 spiro atoms. The summed E-state index contributed by atoms with van der Waals surface area (Å²) in [5.74, 6) is 0.0219. The van der Waals surface area contributed by atoms with Gasteiger partial charge in [-0.05, 0) is 41.3 Å². The quantitative estimate of drug-likeness (QED) is 0.631. The molecule has 2 aromatic carbocycles. The van der Waals surface area contributed by atoms with E-state index in [2.05, 4.69) is 4.98 Å². The molecule has 3 rings (SSSR count). The van der Waals surface area contributed by atoms with Crippen LogP contribution in [0.2, 0.25) is 5.15 Å². The number of halogens is 2. The standard InChI is InChI=1S/C18H15ClFNO/c1-10(2)16-17(11-3-5-12(20)6-4-11)14-8-7-13(22)9-15(14)21-18(16)19/h3-10,22H,1-2H3. The highest BCUT2D eigenvalue weighted by Crippen LogP contribution is 2.39. The molecule has 0 aliphatic carbocycles. The molecule has 0 fully saturated rings. The van der Waals surface area contributed by atoms with E-state index < -0.39 is 0 Å². The largest absolute Gasteiger partial charge is 0.508 e. The van der Waals surface area contributed by atoms with Crippen LogP contribution in [0.5, 0.6) is 5.75 Å². The van der Waals surface area contributed by atoms with Crippen molar-refractivity contribution in [3.05, 3.63) is 59.0 Å². The zero-order valence-electron chi connectivity index (χ0n) is 12.3. The van der Waals surface area contributed by atoms with Crippen molar-refractivity contribution in [2.45, 2.75) is 19.8 Å². The summed E-state index contributed by atoms with van der Waals surface area (Å²) in [7, 11) is 0. The molecule has 4 heteroatoms. The first-order valence-corrected chi connectivity index (χ1v) is 7.43. The van der Waals surface area contributed by atoms with E-state index in [-0.39, 0.29) is 17.5 Å². The van der Waals surface area contributed by atoms with Gasteiger partial charge in [0.15, 0.2) is 0 Å². The predicted molar refractivity (Wildman–Crippen MR) is 87.9 cm³/mol. The highest BCUT2D eigenvalue weighted by Gasteiger charge is 2.18. The van der Waals surface area contributed by atoms with Gasteiger partial charge in [-0.25, -0.2) is 9.37 Å². The number of fused-ring (bicyclic) bond motifs is 1. The summed E-state index contributed by atoms with van der Waals surface area (Å²) in [6.45, 7) is 4.09. The number of rotatable bonds is 2. The van der Waals surface area contributed by atoms with Gasteiger partial charge >= 0.3 is 0 Å². The van der Waals surface area contributed by atoms with Gasteiger partial charge in [0.25, 0.3) is 0 Å². The van der Waals surface area contributed by atoms with Crippen molar-refractivity contribution in [2.24, 2.45) is 0 Å². The average Bonchev–Trinajstić information content (AvgIpc) is 2.46. The number of phenolic OH excluding ortho intramolecular Hbond substituents is 1. The van der Waals surface area contributed by atoms with Gasteiger partial charge < -0.3 is 5.11 Å². The molecule has 0 atom stereocenters. The Morgan fingerprint density at radius 1 is 1.09 bits per heavy atom. The van der Waals surface area contributed by atoms with E-state index in [4.69, 9.17) is 11.6 Å². The molecule has 0 saturated carbocycles. The normalized spacial score (nSPS) is 11.3. The Kier molecular flexibility index (Phi) is 3.75. The Balaban J connectivity index is 2.42. The molecular formula is C18H15ClFNO. The first-order valence-electron chi connectivity index (χ1n) is 7.05. The van der Waals surface area contributed by atoms with Crippen molar-refractivity contribution in [2.75, 3.05) is 0 Å². The van der Waals surface area contributed by atoms with Crippen LogP contribution < -0.4 is 0 Å². The molecule has 0 saturated heterocycles. The molecule has 1 heterocycles. The van der Waals surface area contributed by atoms with Crippen LogP contribution >= 0.6 is 11.6 Å². The van der Waals surface area contributed by atoms with Crippen LogP contribution in [0, 0.1) is 5.82 Å². The van der Waals surface area contributed by atoms with Crippen molar-refractivity contribution in [1.82, 2.24) is 4.98 Å². The fourth-order valence-corrected chi connectivity index (χ4v) is 3.10. The van der Waals surface area contributed by atoms with E-state index in [1.54, 1.807) is 24.3 Å². The fraction of sp³-hybridized carbons (Fsp3) is 0.167. The maximum Gasteiger partial charge on any atom is 0.133 e. The Morgan fingerprint density at radius 3 is 2.41 bits per heavy atom. The number of hydrogen-bond acceptors (Lipinski definition) is 2. The van der Waals surface area contributed by atoms with Crippen molar-refractivity contribution < 1.29 is 9.50 Å². The van der Waals surface area contributed by atoms with Gasteiger partial charge in [-0.2, -0.15) is 0 Å². The number of benzene rings is 2. The molecule has 0 amide bonds. The Bertz CT molecular complexity index is 844. The zero-order valence-corrected chi connectivity index (χ0v) is 13.0.